The van der Waals surface area contributed by atoms with Gasteiger partial charge in [-0.25, -0.2) is 9.97 Å². The number of nitrogen functional groups attached to an aromatic ring is 1. The number of hydrogen-bond acceptors (Lipinski definition) is 4. The van der Waals surface area contributed by atoms with Crippen LogP contribution in [0.2, 0.25) is 5.02 Å². The van der Waals surface area contributed by atoms with Gasteiger partial charge in [-0.2, -0.15) is 0 Å². The maximum atomic E-state index is 5.95. The van der Waals surface area contributed by atoms with Crippen LogP contribution in [0.5, 0.6) is 0 Å². The molecule has 1 aromatic heterocycles. The molecule has 0 saturated heterocycles. The van der Waals surface area contributed by atoms with Crippen LogP contribution in [0, 0.1) is 0 Å². The van der Waals surface area contributed by atoms with E-state index < -0.39 is 0 Å². The number of nitrogens with one attached hydrogen (secondary N) is 1. The highest BCUT2D eigenvalue weighted by Crippen LogP contribution is 2.24. The highest BCUT2D eigenvalue weighted by molar-refractivity contribution is 6.30. The summed E-state index contributed by atoms with van der Waals surface area (Å²) in [5.41, 5.74) is 6.54. The first-order chi connectivity index (χ1) is 8.84. The molecule has 0 aliphatic heterocycles. The van der Waals surface area contributed by atoms with Gasteiger partial charge in [0.1, 0.15) is 17.5 Å². The molecule has 2 aromatic rings. The molecule has 5 heteroatoms. The summed E-state index contributed by atoms with van der Waals surface area (Å²) in [5.74, 6) is 1.82. The number of nitrogens with zero attached hydrogens (tertiary/aromatic N) is 2. The molecule has 2 rings (SSSR count). The van der Waals surface area contributed by atoms with Gasteiger partial charge in [0.05, 0.1) is 0 Å². The lowest BCUT2D eigenvalue weighted by atomic mass is 9.96. The zero-order valence-electron chi connectivity index (χ0n) is 11.2. The SMILES string of the molecule is CC(C)(C)c1nc(N)cc(Nc2cccc(Cl)c2)n1. The van der Waals surface area contributed by atoms with Crippen molar-refractivity contribution >= 4 is 28.9 Å². The molecule has 0 bridgehead atoms. The Kier molecular flexibility index (Phi) is 3.62. The minimum absolute atomic E-state index is 0.153. The minimum atomic E-state index is -0.153. The third-order valence-corrected chi connectivity index (χ3v) is 2.75. The maximum absolute atomic E-state index is 5.95. The first-order valence-corrected chi connectivity index (χ1v) is 6.40. The molecule has 0 atom stereocenters. The summed E-state index contributed by atoms with van der Waals surface area (Å²) in [5, 5.41) is 3.85. The molecule has 4 nitrogen and oxygen atoms in total. The molecule has 100 valence electrons. The van der Waals surface area contributed by atoms with E-state index in [0.29, 0.717) is 22.5 Å². The summed E-state index contributed by atoms with van der Waals surface area (Å²) in [6, 6.07) is 9.15. The predicted octanol–water partition coefficient (Wildman–Crippen LogP) is 3.75. The lowest BCUT2D eigenvalue weighted by Crippen LogP contribution is -2.17. The van der Waals surface area contributed by atoms with E-state index in [4.69, 9.17) is 17.3 Å². The molecule has 1 heterocycles. The van der Waals surface area contributed by atoms with Gasteiger partial charge in [0.2, 0.25) is 0 Å². The highest BCUT2D eigenvalue weighted by Gasteiger charge is 2.18. The van der Waals surface area contributed by atoms with E-state index in [1.807, 2.05) is 45.0 Å². The second kappa shape index (κ2) is 5.05. The van der Waals surface area contributed by atoms with Crippen LogP contribution in [0.4, 0.5) is 17.3 Å². The third-order valence-electron chi connectivity index (χ3n) is 2.51. The van der Waals surface area contributed by atoms with E-state index in [2.05, 4.69) is 15.3 Å². The predicted molar refractivity (Wildman–Crippen MR) is 79.9 cm³/mol. The van der Waals surface area contributed by atoms with Gasteiger partial charge in [0.25, 0.3) is 0 Å². The Morgan fingerprint density at radius 2 is 1.89 bits per heavy atom. The second-order valence-corrected chi connectivity index (χ2v) is 5.82. The van der Waals surface area contributed by atoms with Gasteiger partial charge < -0.3 is 11.1 Å². The van der Waals surface area contributed by atoms with Crippen molar-refractivity contribution in [1.82, 2.24) is 9.97 Å². The molecular formula is C14H17ClN4. The Morgan fingerprint density at radius 1 is 1.16 bits per heavy atom. The summed E-state index contributed by atoms with van der Waals surface area (Å²) in [4.78, 5) is 8.75. The molecule has 19 heavy (non-hydrogen) atoms. The minimum Gasteiger partial charge on any atom is -0.384 e. The quantitative estimate of drug-likeness (QED) is 0.877. The smallest absolute Gasteiger partial charge is 0.138 e. The number of anilines is 3. The van der Waals surface area contributed by atoms with Gasteiger partial charge in [-0.3, -0.25) is 0 Å². The molecule has 0 saturated carbocycles. The van der Waals surface area contributed by atoms with Crippen molar-refractivity contribution in [1.29, 1.82) is 0 Å². The van der Waals surface area contributed by atoms with Crippen LogP contribution in [-0.4, -0.2) is 9.97 Å². The van der Waals surface area contributed by atoms with Crippen LogP contribution >= 0.6 is 11.6 Å². The largest absolute Gasteiger partial charge is 0.384 e. The summed E-state index contributed by atoms with van der Waals surface area (Å²) in [6.07, 6.45) is 0. The van der Waals surface area contributed by atoms with Gasteiger partial charge in [0.15, 0.2) is 0 Å². The standard InChI is InChI=1S/C14H17ClN4/c1-14(2,3)13-18-11(16)8-12(19-13)17-10-6-4-5-9(15)7-10/h4-8H,1-3H3,(H3,16,17,18,19). The van der Waals surface area contributed by atoms with Crippen LogP contribution in [-0.2, 0) is 5.41 Å². The topological polar surface area (TPSA) is 63.8 Å². The van der Waals surface area contributed by atoms with Crippen molar-refractivity contribution in [3.8, 4) is 0 Å². The fourth-order valence-corrected chi connectivity index (χ4v) is 1.77. The number of aromatic nitrogens is 2. The lowest BCUT2D eigenvalue weighted by Gasteiger charge is -2.18. The molecular weight excluding hydrogens is 260 g/mol. The van der Waals surface area contributed by atoms with Gasteiger partial charge in [-0.15, -0.1) is 0 Å². The third kappa shape index (κ3) is 3.58. The molecule has 0 aliphatic carbocycles. The second-order valence-electron chi connectivity index (χ2n) is 5.39. The normalized spacial score (nSPS) is 11.4. The van der Waals surface area contributed by atoms with Gasteiger partial charge in [-0.05, 0) is 18.2 Å². The number of hydrogen-bond donors (Lipinski definition) is 2. The molecule has 0 amide bonds. The van der Waals surface area contributed by atoms with E-state index in [9.17, 15) is 0 Å². The summed E-state index contributed by atoms with van der Waals surface area (Å²) < 4.78 is 0. The van der Waals surface area contributed by atoms with Crippen LogP contribution in [0.1, 0.15) is 26.6 Å². The Morgan fingerprint density at radius 3 is 2.53 bits per heavy atom. The van der Waals surface area contributed by atoms with E-state index in [1.165, 1.54) is 0 Å². The Labute approximate surface area is 118 Å². The first kappa shape index (κ1) is 13.6. The number of rotatable bonds is 2. The van der Waals surface area contributed by atoms with Gasteiger partial charge >= 0.3 is 0 Å². The monoisotopic (exact) mass is 276 g/mol. The summed E-state index contributed by atoms with van der Waals surface area (Å²) in [7, 11) is 0. The molecule has 1 aromatic carbocycles. The Hall–Kier alpha value is -1.81. The molecule has 0 aliphatic rings. The van der Waals surface area contributed by atoms with Crippen LogP contribution in [0.15, 0.2) is 30.3 Å². The average molecular weight is 277 g/mol. The summed E-state index contributed by atoms with van der Waals surface area (Å²) >= 11 is 5.95. The van der Waals surface area contributed by atoms with Gasteiger partial charge in [0, 0.05) is 22.2 Å². The Balaban J connectivity index is 2.33. The first-order valence-electron chi connectivity index (χ1n) is 6.02. The van der Waals surface area contributed by atoms with Crippen LogP contribution in [0.25, 0.3) is 0 Å². The van der Waals surface area contributed by atoms with Crippen LogP contribution in [0.3, 0.4) is 0 Å². The fraction of sp³-hybridized carbons (Fsp3) is 0.286. The van der Waals surface area contributed by atoms with Crippen molar-refractivity contribution in [3.05, 3.63) is 41.2 Å². The van der Waals surface area contributed by atoms with Crippen molar-refractivity contribution in [3.63, 3.8) is 0 Å². The highest BCUT2D eigenvalue weighted by atomic mass is 35.5. The van der Waals surface area contributed by atoms with E-state index in [-0.39, 0.29) is 5.41 Å². The zero-order chi connectivity index (χ0) is 14.0. The molecule has 0 radical (unpaired) electrons. The van der Waals surface area contributed by atoms with Crippen molar-refractivity contribution in [2.24, 2.45) is 0 Å². The van der Waals surface area contributed by atoms with Crippen molar-refractivity contribution in [2.75, 3.05) is 11.1 Å². The van der Waals surface area contributed by atoms with E-state index in [0.717, 1.165) is 5.69 Å². The average Bonchev–Trinajstić information content (AvgIpc) is 2.26. The number of nitrogens with two attached hydrogens (primary N) is 1. The number of halogens is 1. The molecule has 0 unspecified atom stereocenters. The van der Waals surface area contributed by atoms with Crippen molar-refractivity contribution in [2.45, 2.75) is 26.2 Å². The van der Waals surface area contributed by atoms with Crippen LogP contribution < -0.4 is 11.1 Å². The lowest BCUT2D eigenvalue weighted by molar-refractivity contribution is 0.547. The summed E-state index contributed by atoms with van der Waals surface area (Å²) in [6.45, 7) is 6.14. The Bertz CT molecular complexity index is 590. The van der Waals surface area contributed by atoms with Gasteiger partial charge in [-0.1, -0.05) is 38.4 Å². The van der Waals surface area contributed by atoms with Crippen molar-refractivity contribution < 1.29 is 0 Å². The molecule has 3 N–H and O–H groups in total. The van der Waals surface area contributed by atoms with E-state index >= 15 is 0 Å². The molecule has 0 fully saturated rings. The van der Waals surface area contributed by atoms with E-state index in [1.54, 1.807) is 6.07 Å². The zero-order valence-corrected chi connectivity index (χ0v) is 12.0. The number of benzene rings is 1. The maximum Gasteiger partial charge on any atom is 0.138 e. The fourth-order valence-electron chi connectivity index (χ4n) is 1.58. The molecule has 0 spiro atoms.